The Morgan fingerprint density at radius 2 is 1.29 bits per heavy atom. The molecule has 6 aromatic rings. The van der Waals surface area contributed by atoms with Crippen LogP contribution in [0.5, 0.6) is 23.0 Å². The molecule has 16 nitrogen and oxygen atoms in total. The molecule has 20 heteroatoms. The van der Waals surface area contributed by atoms with Gasteiger partial charge < -0.3 is 14.8 Å². The normalized spacial score (nSPS) is 13.7. The minimum atomic E-state index is -3.17. The Balaban J connectivity index is 0.000000193. The molecule has 0 saturated carbocycles. The van der Waals surface area contributed by atoms with Crippen molar-refractivity contribution in [3.8, 4) is 23.0 Å². The number of hydrogen-bond acceptors (Lipinski definition) is 14. The fourth-order valence-electron chi connectivity index (χ4n) is 5.55. The molecule has 1 N–H and O–H groups in total. The highest BCUT2D eigenvalue weighted by atomic mass is 35.5. The smallest absolute Gasteiger partial charge is 0.294 e. The second kappa shape index (κ2) is 17.3. The van der Waals surface area contributed by atoms with E-state index in [0.717, 1.165) is 12.0 Å². The number of aryl methyl sites for hydroxylation is 2. The van der Waals surface area contributed by atoms with Gasteiger partial charge in [-0.25, -0.2) is 32.6 Å². The van der Waals surface area contributed by atoms with Gasteiger partial charge >= 0.3 is 0 Å². The summed E-state index contributed by atoms with van der Waals surface area (Å²) < 4.78 is 43.7. The van der Waals surface area contributed by atoms with Crippen molar-refractivity contribution in [1.29, 1.82) is 0 Å². The van der Waals surface area contributed by atoms with Crippen molar-refractivity contribution in [2.75, 3.05) is 31.8 Å². The molecule has 0 bridgehead atoms. The number of halogens is 2. The molecule has 4 aromatic heterocycles. The van der Waals surface area contributed by atoms with Crippen molar-refractivity contribution < 1.29 is 27.1 Å². The van der Waals surface area contributed by atoms with Gasteiger partial charge in [0.1, 0.15) is 34.8 Å². The molecule has 7 rings (SSSR count). The summed E-state index contributed by atoms with van der Waals surface area (Å²) in [5, 5.41) is 5.67. The molecule has 0 spiro atoms. The SMILES string of the molecule is COOSc1ncc2cc(Oc3ccccc3Cl)c(=O)n(C)c2n1.Cn1c(=O)c(Oc2ccccc2Cl)cc2cnc(NC3CCN(S(C)(=O)=O)CC3)nc21. The highest BCUT2D eigenvalue weighted by molar-refractivity contribution is 7.94. The molecule has 1 saturated heterocycles. The third-order valence-corrected chi connectivity index (χ3v) is 10.8. The number of piperidine rings is 1. The lowest BCUT2D eigenvalue weighted by atomic mass is 10.1. The number of para-hydroxylation sites is 2. The van der Waals surface area contributed by atoms with Crippen LogP contribution in [0.3, 0.4) is 0 Å². The predicted molar refractivity (Wildman–Crippen MR) is 210 cm³/mol. The zero-order valence-electron chi connectivity index (χ0n) is 29.8. The van der Waals surface area contributed by atoms with Crippen LogP contribution in [0.25, 0.3) is 22.1 Å². The topological polar surface area (TPSA) is 182 Å². The maximum absolute atomic E-state index is 12.8. The first-order chi connectivity index (χ1) is 26.3. The Morgan fingerprint density at radius 3 is 1.80 bits per heavy atom. The number of nitrogens with one attached hydrogen (secondary N) is 1. The van der Waals surface area contributed by atoms with E-state index >= 15 is 0 Å². The van der Waals surface area contributed by atoms with E-state index in [1.165, 1.54) is 26.8 Å². The fourth-order valence-corrected chi connectivity index (χ4v) is 7.12. The summed E-state index contributed by atoms with van der Waals surface area (Å²) in [7, 11) is 1.42. The van der Waals surface area contributed by atoms with Crippen molar-refractivity contribution in [1.82, 2.24) is 33.4 Å². The maximum Gasteiger partial charge on any atom is 0.294 e. The first-order valence-electron chi connectivity index (χ1n) is 16.5. The van der Waals surface area contributed by atoms with Gasteiger partial charge in [0, 0.05) is 56.4 Å². The summed E-state index contributed by atoms with van der Waals surface area (Å²) in [4.78, 5) is 47.0. The summed E-state index contributed by atoms with van der Waals surface area (Å²) in [6.07, 6.45) is 5.71. The van der Waals surface area contributed by atoms with Gasteiger partial charge in [0.2, 0.25) is 21.1 Å². The summed E-state index contributed by atoms with van der Waals surface area (Å²) in [5.74, 6) is 1.44. The van der Waals surface area contributed by atoms with Gasteiger partial charge in [-0.15, -0.1) is 0 Å². The van der Waals surface area contributed by atoms with E-state index in [4.69, 9.17) is 37.0 Å². The van der Waals surface area contributed by atoms with Gasteiger partial charge in [0.05, 0.1) is 23.4 Å². The number of hydrogen-bond donors (Lipinski definition) is 1. The van der Waals surface area contributed by atoms with E-state index < -0.39 is 10.0 Å². The molecular formula is C35H34Cl2N8O8S2. The molecule has 1 aliphatic heterocycles. The van der Waals surface area contributed by atoms with Crippen molar-refractivity contribution in [3.63, 3.8) is 0 Å². The van der Waals surface area contributed by atoms with Gasteiger partial charge in [-0.2, -0.15) is 9.32 Å². The van der Waals surface area contributed by atoms with Crippen molar-refractivity contribution in [2.24, 2.45) is 14.1 Å². The zero-order chi connectivity index (χ0) is 39.3. The van der Waals surface area contributed by atoms with Crippen LogP contribution in [0.15, 0.2) is 87.8 Å². The number of sulfonamides is 1. The lowest BCUT2D eigenvalue weighted by Gasteiger charge is -2.30. The van der Waals surface area contributed by atoms with Crippen LogP contribution in [-0.2, 0) is 33.3 Å². The van der Waals surface area contributed by atoms with Gasteiger partial charge in [0.15, 0.2) is 11.5 Å². The Kier molecular flexibility index (Phi) is 12.6. The van der Waals surface area contributed by atoms with E-state index in [-0.39, 0.29) is 28.7 Å². The quantitative estimate of drug-likeness (QED) is 0.0738. The molecule has 2 aromatic carbocycles. The highest BCUT2D eigenvalue weighted by Crippen LogP contribution is 2.30. The first kappa shape index (κ1) is 39.9. The standard InChI is InChI=1S/C20H22ClN5O4S.C15H12ClN3O4S/c1-25-18-13(11-17(19(25)27)30-16-6-4-3-5-15(16)21)12-22-20(24-18)23-14-7-9-26(10-8-14)31(2,28)29;1-19-13-9(8-17-15(18-13)24-23-21-2)7-12(14(19)20)22-11-6-4-3-5-10(11)16/h3-6,11-12,14H,7-10H2,1-2H3,(H,22,23,24);3-8H,1-2H3. The van der Waals surface area contributed by atoms with Gasteiger partial charge in [-0.05, 0) is 49.2 Å². The molecule has 1 aliphatic rings. The number of benzene rings is 2. The van der Waals surface area contributed by atoms with Crippen LogP contribution in [0.1, 0.15) is 12.8 Å². The third-order valence-electron chi connectivity index (χ3n) is 8.36. The van der Waals surface area contributed by atoms with E-state index in [2.05, 4.69) is 30.1 Å². The van der Waals surface area contributed by atoms with Crippen LogP contribution >= 0.6 is 35.2 Å². The Hall–Kier alpha value is -4.82. The molecule has 1 fully saturated rings. The molecule has 55 heavy (non-hydrogen) atoms. The molecule has 288 valence electrons. The number of pyridine rings is 2. The average molecular weight is 830 g/mol. The van der Waals surface area contributed by atoms with Gasteiger partial charge in [-0.3, -0.25) is 18.7 Å². The highest BCUT2D eigenvalue weighted by Gasteiger charge is 2.25. The Morgan fingerprint density at radius 1 is 0.782 bits per heavy atom. The lowest BCUT2D eigenvalue weighted by Crippen LogP contribution is -2.42. The van der Waals surface area contributed by atoms with E-state index in [1.54, 1.807) is 87.2 Å². The average Bonchev–Trinajstić information content (AvgIpc) is 3.17. The minimum absolute atomic E-state index is 0.0512. The summed E-state index contributed by atoms with van der Waals surface area (Å²) >= 11 is 13.0. The van der Waals surface area contributed by atoms with Crippen LogP contribution < -0.4 is 25.9 Å². The first-order valence-corrected chi connectivity index (χ1v) is 19.8. The zero-order valence-corrected chi connectivity index (χ0v) is 32.9. The fraction of sp³-hybridized carbons (Fsp3) is 0.257. The monoisotopic (exact) mass is 828 g/mol. The Bertz CT molecular complexity index is 2590. The van der Waals surface area contributed by atoms with E-state index in [1.807, 2.05) is 0 Å². The van der Waals surface area contributed by atoms with Crippen molar-refractivity contribution in [2.45, 2.75) is 24.0 Å². The number of fused-ring (bicyclic) bond motifs is 2. The number of anilines is 1. The number of aromatic nitrogens is 6. The molecular weight excluding hydrogens is 795 g/mol. The molecule has 0 atom stereocenters. The Labute approximate surface area is 329 Å². The molecule has 0 amide bonds. The van der Waals surface area contributed by atoms with E-state index in [0.29, 0.717) is 80.6 Å². The van der Waals surface area contributed by atoms with Crippen molar-refractivity contribution >= 4 is 73.3 Å². The van der Waals surface area contributed by atoms with E-state index in [9.17, 15) is 18.0 Å². The van der Waals surface area contributed by atoms with Crippen molar-refractivity contribution in [3.05, 3.63) is 104 Å². The second-order valence-electron chi connectivity index (χ2n) is 12.1. The van der Waals surface area contributed by atoms with Crippen LogP contribution in [0.4, 0.5) is 5.95 Å². The number of nitrogens with zero attached hydrogens (tertiary/aromatic N) is 7. The summed E-state index contributed by atoms with van der Waals surface area (Å²) in [6, 6.07) is 17.1. The molecule has 0 aliphatic carbocycles. The summed E-state index contributed by atoms with van der Waals surface area (Å²) in [5.41, 5.74) is 0.217. The third kappa shape index (κ3) is 9.53. The van der Waals surface area contributed by atoms with Gasteiger partial charge in [-0.1, -0.05) is 47.5 Å². The lowest BCUT2D eigenvalue weighted by molar-refractivity contribution is -0.160. The van der Waals surface area contributed by atoms with Crippen LogP contribution in [0.2, 0.25) is 10.0 Å². The largest absolute Gasteiger partial charge is 0.450 e. The maximum atomic E-state index is 12.8. The summed E-state index contributed by atoms with van der Waals surface area (Å²) in [6.45, 7) is 0.899. The molecule has 5 heterocycles. The van der Waals surface area contributed by atoms with Gasteiger partial charge in [0.25, 0.3) is 11.1 Å². The number of ether oxygens (including phenoxy) is 2. The predicted octanol–water partition coefficient (Wildman–Crippen LogP) is 5.97. The second-order valence-corrected chi connectivity index (χ2v) is 15.6. The minimum Gasteiger partial charge on any atom is -0.450 e. The number of rotatable bonds is 10. The van der Waals surface area contributed by atoms with Crippen LogP contribution in [-0.4, -0.2) is 74.3 Å². The van der Waals surface area contributed by atoms with Crippen LogP contribution in [0, 0.1) is 0 Å². The molecule has 0 radical (unpaired) electrons. The molecule has 0 unspecified atom stereocenters.